The molecule has 1 atom stereocenters. The van der Waals surface area contributed by atoms with Gasteiger partial charge in [0, 0.05) is 29.7 Å². The lowest BCUT2D eigenvalue weighted by Gasteiger charge is -2.16. The summed E-state index contributed by atoms with van der Waals surface area (Å²) >= 11 is 0. The molecule has 0 aliphatic carbocycles. The van der Waals surface area contributed by atoms with Crippen molar-refractivity contribution in [3.8, 4) is 28.7 Å². The Balaban J connectivity index is 1.73. The number of carbonyl (C=O) groups is 1. The van der Waals surface area contributed by atoms with Crippen LogP contribution in [0.3, 0.4) is 0 Å². The van der Waals surface area contributed by atoms with Gasteiger partial charge in [0.15, 0.2) is 11.5 Å². The average molecular weight is 415 g/mol. The van der Waals surface area contributed by atoms with Gasteiger partial charge in [-0.2, -0.15) is 0 Å². The second-order valence-corrected chi connectivity index (χ2v) is 7.08. The number of benzene rings is 2. The number of rotatable bonds is 9. The minimum absolute atomic E-state index is 0.141. The lowest BCUT2D eigenvalue weighted by atomic mass is 10.1. The number of methoxy groups -OCH3 is 3. The van der Waals surface area contributed by atoms with Gasteiger partial charge in [-0.25, -0.2) is 0 Å². The first-order valence-corrected chi connectivity index (χ1v) is 10.00. The van der Waals surface area contributed by atoms with E-state index in [1.165, 1.54) is 7.11 Å². The molecule has 30 heavy (non-hydrogen) atoms. The smallest absolute Gasteiger partial charge is 0.224 e. The Morgan fingerprint density at radius 2 is 1.83 bits per heavy atom. The van der Waals surface area contributed by atoms with Gasteiger partial charge in [-0.1, -0.05) is 6.07 Å². The van der Waals surface area contributed by atoms with Crippen molar-refractivity contribution in [3.05, 3.63) is 41.0 Å². The Morgan fingerprint density at radius 1 is 1.07 bits per heavy atom. The Kier molecular flexibility index (Phi) is 6.92. The lowest BCUT2D eigenvalue weighted by molar-refractivity contribution is -0.120. The van der Waals surface area contributed by atoms with Gasteiger partial charge in [-0.3, -0.25) is 4.79 Å². The normalized spacial score (nSPS) is 14.5. The topological polar surface area (TPSA) is 75.3 Å². The van der Waals surface area contributed by atoms with Crippen molar-refractivity contribution in [3.63, 3.8) is 0 Å². The van der Waals surface area contributed by atoms with Crippen molar-refractivity contribution in [2.24, 2.45) is 0 Å². The Bertz CT molecular complexity index is 911. The molecule has 0 bridgehead atoms. The van der Waals surface area contributed by atoms with E-state index in [0.29, 0.717) is 36.0 Å². The molecule has 2 aromatic rings. The van der Waals surface area contributed by atoms with Gasteiger partial charge >= 0.3 is 0 Å². The lowest BCUT2D eigenvalue weighted by Crippen LogP contribution is -2.25. The highest BCUT2D eigenvalue weighted by Gasteiger charge is 2.22. The molecule has 1 amide bonds. The zero-order valence-electron chi connectivity index (χ0n) is 18.2. The molecule has 0 fully saturated rings. The van der Waals surface area contributed by atoms with E-state index in [1.807, 2.05) is 26.0 Å². The Morgan fingerprint density at radius 3 is 2.50 bits per heavy atom. The molecule has 0 saturated carbocycles. The van der Waals surface area contributed by atoms with Crippen LogP contribution in [0, 0.1) is 0 Å². The van der Waals surface area contributed by atoms with Crippen molar-refractivity contribution < 1.29 is 28.5 Å². The maximum atomic E-state index is 12.7. The molecular weight excluding hydrogens is 386 g/mol. The molecular formula is C23H29NO6. The highest BCUT2D eigenvalue weighted by Crippen LogP contribution is 2.40. The van der Waals surface area contributed by atoms with Crippen molar-refractivity contribution >= 4 is 5.91 Å². The van der Waals surface area contributed by atoms with Crippen LogP contribution in [0.25, 0.3) is 0 Å². The van der Waals surface area contributed by atoms with Gasteiger partial charge in [0.05, 0.1) is 34.4 Å². The summed E-state index contributed by atoms with van der Waals surface area (Å²) in [6.07, 6.45) is 1.16. The van der Waals surface area contributed by atoms with Crippen LogP contribution in [-0.4, -0.2) is 39.9 Å². The molecule has 162 valence electrons. The third-order valence-electron chi connectivity index (χ3n) is 4.99. The fourth-order valence-corrected chi connectivity index (χ4v) is 3.64. The monoisotopic (exact) mass is 415 g/mol. The van der Waals surface area contributed by atoms with E-state index in [-0.39, 0.29) is 18.4 Å². The van der Waals surface area contributed by atoms with E-state index in [0.717, 1.165) is 29.0 Å². The van der Waals surface area contributed by atoms with Crippen molar-refractivity contribution in [1.29, 1.82) is 0 Å². The second-order valence-electron chi connectivity index (χ2n) is 7.08. The van der Waals surface area contributed by atoms with E-state index < -0.39 is 0 Å². The minimum atomic E-state index is -0.141. The van der Waals surface area contributed by atoms with Gasteiger partial charge in [-0.15, -0.1) is 0 Å². The predicted molar refractivity (Wildman–Crippen MR) is 113 cm³/mol. The summed E-state index contributed by atoms with van der Waals surface area (Å²) in [5.74, 6) is 3.00. The van der Waals surface area contributed by atoms with E-state index in [4.69, 9.17) is 23.7 Å². The van der Waals surface area contributed by atoms with Gasteiger partial charge in [-0.05, 0) is 32.0 Å². The van der Waals surface area contributed by atoms with Crippen molar-refractivity contribution in [2.75, 3.05) is 27.9 Å². The van der Waals surface area contributed by atoms with E-state index >= 15 is 0 Å². The molecule has 0 unspecified atom stereocenters. The van der Waals surface area contributed by atoms with E-state index in [9.17, 15) is 4.79 Å². The summed E-state index contributed by atoms with van der Waals surface area (Å²) in [6, 6.07) is 7.54. The van der Waals surface area contributed by atoms with Gasteiger partial charge in [0.2, 0.25) is 11.7 Å². The van der Waals surface area contributed by atoms with Crippen LogP contribution in [0.5, 0.6) is 28.7 Å². The molecule has 3 rings (SSSR count). The highest BCUT2D eigenvalue weighted by atomic mass is 16.5. The number of hydrogen-bond acceptors (Lipinski definition) is 6. The molecule has 0 spiro atoms. The highest BCUT2D eigenvalue weighted by molar-refractivity contribution is 5.80. The Hall–Kier alpha value is -3.09. The molecule has 1 heterocycles. The van der Waals surface area contributed by atoms with Crippen molar-refractivity contribution in [2.45, 2.75) is 39.3 Å². The summed E-state index contributed by atoms with van der Waals surface area (Å²) in [4.78, 5) is 12.7. The predicted octanol–water partition coefficient (Wildman–Crippen LogP) is 3.29. The first kappa shape index (κ1) is 21.6. The molecule has 1 aliphatic heterocycles. The number of amides is 1. The third kappa shape index (κ3) is 4.56. The van der Waals surface area contributed by atoms with Gasteiger partial charge < -0.3 is 29.0 Å². The fraction of sp³-hybridized carbons (Fsp3) is 0.435. The summed E-state index contributed by atoms with van der Waals surface area (Å²) in [6.45, 7) is 4.88. The first-order valence-electron chi connectivity index (χ1n) is 10.00. The molecule has 2 aromatic carbocycles. The number of ether oxygens (including phenoxy) is 5. The molecule has 7 heteroatoms. The van der Waals surface area contributed by atoms with Gasteiger partial charge in [0.1, 0.15) is 17.6 Å². The number of nitrogens with one attached hydrogen (secondary N) is 1. The van der Waals surface area contributed by atoms with Crippen LogP contribution in [-0.2, 0) is 24.2 Å². The van der Waals surface area contributed by atoms with Crippen molar-refractivity contribution in [1.82, 2.24) is 5.32 Å². The summed E-state index contributed by atoms with van der Waals surface area (Å²) in [5.41, 5.74) is 2.73. The SMILES string of the molecule is CCOc1cc2c(cc1CNC(=O)Cc1ccc(OC)c(OC)c1OC)O[C@H](C)C2. The fourth-order valence-electron chi connectivity index (χ4n) is 3.64. The van der Waals surface area contributed by atoms with Crippen LogP contribution < -0.4 is 29.0 Å². The number of carbonyl (C=O) groups excluding carboxylic acids is 1. The minimum Gasteiger partial charge on any atom is -0.494 e. The van der Waals surface area contributed by atoms with Crippen LogP contribution in [0.1, 0.15) is 30.5 Å². The Labute approximate surface area is 177 Å². The maximum Gasteiger partial charge on any atom is 0.224 e. The van der Waals surface area contributed by atoms with Crippen LogP contribution in [0.15, 0.2) is 24.3 Å². The average Bonchev–Trinajstić information content (AvgIpc) is 3.10. The van der Waals surface area contributed by atoms with Crippen LogP contribution in [0.2, 0.25) is 0 Å². The molecule has 7 nitrogen and oxygen atoms in total. The third-order valence-corrected chi connectivity index (χ3v) is 4.99. The zero-order valence-corrected chi connectivity index (χ0v) is 18.2. The summed E-state index contributed by atoms with van der Waals surface area (Å²) in [5, 5.41) is 2.96. The summed E-state index contributed by atoms with van der Waals surface area (Å²) in [7, 11) is 4.63. The quantitative estimate of drug-likeness (QED) is 0.677. The van der Waals surface area contributed by atoms with Gasteiger partial charge in [0.25, 0.3) is 0 Å². The largest absolute Gasteiger partial charge is 0.494 e. The standard InChI is InChI=1S/C23H29NO6/c1-6-29-19-10-16-9-14(2)30-20(16)11-17(19)13-24-21(25)12-15-7-8-18(26-3)23(28-5)22(15)27-4/h7-8,10-11,14H,6,9,12-13H2,1-5H3,(H,24,25)/t14-/m1/s1. The first-order chi connectivity index (χ1) is 14.5. The van der Waals surface area contributed by atoms with Crippen LogP contribution >= 0.6 is 0 Å². The zero-order chi connectivity index (χ0) is 21.7. The summed E-state index contributed by atoms with van der Waals surface area (Å²) < 4.78 is 27.8. The molecule has 0 saturated heterocycles. The molecule has 0 aromatic heterocycles. The van der Waals surface area contributed by atoms with Crippen LogP contribution in [0.4, 0.5) is 0 Å². The molecule has 1 aliphatic rings. The molecule has 1 N–H and O–H groups in total. The number of hydrogen-bond donors (Lipinski definition) is 1. The van der Waals surface area contributed by atoms with E-state index in [1.54, 1.807) is 26.4 Å². The number of fused-ring (bicyclic) bond motifs is 1. The maximum absolute atomic E-state index is 12.7. The molecule has 0 radical (unpaired) electrons. The van der Waals surface area contributed by atoms with E-state index in [2.05, 4.69) is 5.32 Å². The second kappa shape index (κ2) is 9.61.